The van der Waals surface area contributed by atoms with Gasteiger partial charge in [0.2, 0.25) is 0 Å². The van der Waals surface area contributed by atoms with E-state index in [1.165, 1.54) is 38.9 Å². The van der Waals surface area contributed by atoms with Crippen LogP contribution in [0.25, 0.3) is 33.6 Å². The third-order valence-corrected chi connectivity index (χ3v) is 7.43. The second-order valence-electron chi connectivity index (χ2n) is 11.2. The molecule has 2 heteroatoms. The van der Waals surface area contributed by atoms with Crippen molar-refractivity contribution in [2.24, 2.45) is 0 Å². The van der Waals surface area contributed by atoms with E-state index in [4.69, 9.17) is 4.98 Å². The Labute approximate surface area is 233 Å². The van der Waals surface area contributed by atoms with Crippen molar-refractivity contribution in [2.75, 3.05) is 5.32 Å². The lowest BCUT2D eigenvalue weighted by Crippen LogP contribution is -2.10. The number of benzene rings is 4. The van der Waals surface area contributed by atoms with Gasteiger partial charge in [-0.3, -0.25) is 0 Å². The van der Waals surface area contributed by atoms with E-state index in [1.807, 2.05) is 0 Å². The molecule has 0 saturated carbocycles. The third kappa shape index (κ3) is 5.96. The van der Waals surface area contributed by atoms with Gasteiger partial charge in [-0.2, -0.15) is 0 Å². The molecule has 0 unspecified atom stereocenters. The fourth-order valence-electron chi connectivity index (χ4n) is 5.10. The number of aromatic nitrogens is 1. The molecule has 0 aliphatic rings. The third-order valence-electron chi connectivity index (χ3n) is 7.43. The quantitative estimate of drug-likeness (QED) is 0.235. The summed E-state index contributed by atoms with van der Waals surface area (Å²) in [5.41, 5.74) is 13.1. The summed E-state index contributed by atoms with van der Waals surface area (Å²) in [6.07, 6.45) is 1.94. The van der Waals surface area contributed by atoms with Crippen LogP contribution in [0.2, 0.25) is 0 Å². The fraction of sp³-hybridized carbons (Fsp3) is 0.216. The van der Waals surface area contributed by atoms with Crippen LogP contribution < -0.4 is 5.32 Å². The van der Waals surface area contributed by atoms with Crippen LogP contribution in [0.1, 0.15) is 51.3 Å². The number of nitrogens with one attached hydrogen (secondary N) is 1. The first-order chi connectivity index (χ1) is 18.9. The Bertz CT molecular complexity index is 1490. The number of anilines is 2. The Balaban J connectivity index is 1.52. The molecule has 0 aliphatic heterocycles. The first kappa shape index (κ1) is 26.4. The van der Waals surface area contributed by atoms with Gasteiger partial charge in [0.15, 0.2) is 0 Å². The first-order valence-corrected chi connectivity index (χ1v) is 14.0. The summed E-state index contributed by atoms with van der Waals surface area (Å²) in [4.78, 5) is 5.20. The smallest absolute Gasteiger partial charge is 0.0718 e. The summed E-state index contributed by atoms with van der Waals surface area (Å²) in [6, 6.07) is 39.2. The first-order valence-electron chi connectivity index (χ1n) is 14.0. The normalized spacial score (nSPS) is 11.4. The number of pyridine rings is 1. The highest BCUT2D eigenvalue weighted by atomic mass is 14.9. The van der Waals surface area contributed by atoms with Gasteiger partial charge in [-0.15, -0.1) is 0 Å². The average molecular weight is 511 g/mol. The van der Waals surface area contributed by atoms with E-state index in [0.717, 1.165) is 35.6 Å². The molecule has 0 fully saturated rings. The molecule has 1 heterocycles. The van der Waals surface area contributed by atoms with Crippen LogP contribution in [0.15, 0.2) is 109 Å². The zero-order chi connectivity index (χ0) is 27.4. The number of hydrogen-bond donors (Lipinski definition) is 1. The van der Waals surface area contributed by atoms with E-state index < -0.39 is 0 Å². The van der Waals surface area contributed by atoms with Crippen LogP contribution in [-0.4, -0.2) is 4.98 Å². The highest BCUT2D eigenvalue weighted by molar-refractivity contribution is 5.79. The van der Waals surface area contributed by atoms with E-state index in [-0.39, 0.29) is 5.41 Å². The van der Waals surface area contributed by atoms with Crippen LogP contribution in [0, 0.1) is 0 Å². The highest BCUT2D eigenvalue weighted by Gasteiger charge is 2.14. The molecule has 1 aromatic heterocycles. The molecule has 4 aromatic carbocycles. The van der Waals surface area contributed by atoms with Gasteiger partial charge in [-0.05, 0) is 82.5 Å². The van der Waals surface area contributed by atoms with Crippen LogP contribution in [-0.2, 0) is 18.3 Å². The van der Waals surface area contributed by atoms with E-state index in [9.17, 15) is 0 Å². The summed E-state index contributed by atoms with van der Waals surface area (Å²) in [6.45, 7) is 11.1. The van der Waals surface area contributed by atoms with Gasteiger partial charge < -0.3 is 5.32 Å². The van der Waals surface area contributed by atoms with Crippen molar-refractivity contribution < 1.29 is 0 Å². The molecule has 0 atom stereocenters. The summed E-state index contributed by atoms with van der Waals surface area (Å²) in [7, 11) is 0. The summed E-state index contributed by atoms with van der Waals surface area (Å²) < 4.78 is 0. The van der Waals surface area contributed by atoms with Crippen LogP contribution >= 0.6 is 0 Å². The molecular formula is C37H38N2. The van der Waals surface area contributed by atoms with E-state index in [0.29, 0.717) is 0 Å². The Hall–Kier alpha value is -4.17. The zero-order valence-electron chi connectivity index (χ0n) is 23.8. The molecule has 0 aliphatic carbocycles. The van der Waals surface area contributed by atoms with E-state index in [1.54, 1.807) is 0 Å². The lowest BCUT2D eigenvalue weighted by atomic mass is 9.87. The molecular weight excluding hydrogens is 472 g/mol. The highest BCUT2D eigenvalue weighted by Crippen LogP contribution is 2.34. The van der Waals surface area contributed by atoms with Gasteiger partial charge in [-0.1, -0.05) is 107 Å². The van der Waals surface area contributed by atoms with Crippen molar-refractivity contribution in [3.05, 3.63) is 126 Å². The van der Waals surface area contributed by atoms with Gasteiger partial charge in [0.1, 0.15) is 0 Å². The molecule has 2 nitrogen and oxygen atoms in total. The van der Waals surface area contributed by atoms with Crippen molar-refractivity contribution in [2.45, 2.75) is 52.9 Å². The Morgan fingerprint density at radius 3 is 1.49 bits per heavy atom. The minimum Gasteiger partial charge on any atom is -0.356 e. The summed E-state index contributed by atoms with van der Waals surface area (Å²) in [5, 5.41) is 3.55. The predicted molar refractivity (Wildman–Crippen MR) is 168 cm³/mol. The second kappa shape index (κ2) is 11.3. The zero-order valence-corrected chi connectivity index (χ0v) is 23.8. The molecule has 5 rings (SSSR count). The van der Waals surface area contributed by atoms with Crippen LogP contribution in [0.4, 0.5) is 11.4 Å². The predicted octanol–water partition coefficient (Wildman–Crippen LogP) is 10.2. The monoisotopic (exact) mass is 510 g/mol. The summed E-state index contributed by atoms with van der Waals surface area (Å²) >= 11 is 0. The lowest BCUT2D eigenvalue weighted by Gasteiger charge is -2.19. The van der Waals surface area contributed by atoms with Crippen LogP contribution in [0.5, 0.6) is 0 Å². The topological polar surface area (TPSA) is 24.9 Å². The SMILES string of the molecule is CCc1ccccc1-c1cc(-c2ccc(Nc3ccc(C(C)(C)C)cc3)cc2)cc(-c2ccccc2CC)n1. The number of hydrogen-bond acceptors (Lipinski definition) is 2. The molecule has 0 saturated heterocycles. The Morgan fingerprint density at radius 1 is 0.564 bits per heavy atom. The average Bonchev–Trinajstić information content (AvgIpc) is 2.97. The maximum absolute atomic E-state index is 5.20. The molecule has 1 N–H and O–H groups in total. The summed E-state index contributed by atoms with van der Waals surface area (Å²) in [5.74, 6) is 0. The second-order valence-corrected chi connectivity index (χ2v) is 11.2. The molecule has 0 amide bonds. The van der Waals surface area contributed by atoms with Gasteiger partial charge >= 0.3 is 0 Å². The standard InChI is InChI=1S/C37H38N2/c1-6-26-12-8-10-14-33(26)35-24-29(25-36(39-35)34-15-11-9-13-27(34)7-2)28-16-20-31(21-17-28)38-32-22-18-30(19-23-32)37(3,4)5/h8-25,38H,6-7H2,1-5H3. The van der Waals surface area contributed by atoms with Crippen molar-refractivity contribution in [3.63, 3.8) is 0 Å². The van der Waals surface area contributed by atoms with E-state index in [2.05, 4.69) is 149 Å². The molecule has 0 bridgehead atoms. The van der Waals surface area contributed by atoms with Crippen molar-refractivity contribution in [1.82, 2.24) is 4.98 Å². The molecule has 0 radical (unpaired) electrons. The van der Waals surface area contributed by atoms with Crippen molar-refractivity contribution in [1.29, 1.82) is 0 Å². The minimum absolute atomic E-state index is 0.151. The number of nitrogens with zero attached hydrogens (tertiary/aromatic N) is 1. The largest absolute Gasteiger partial charge is 0.356 e. The molecule has 39 heavy (non-hydrogen) atoms. The Kier molecular flexibility index (Phi) is 7.65. The van der Waals surface area contributed by atoms with Gasteiger partial charge in [0, 0.05) is 22.5 Å². The lowest BCUT2D eigenvalue weighted by molar-refractivity contribution is 0.590. The maximum atomic E-state index is 5.20. The number of aryl methyl sites for hydroxylation is 2. The van der Waals surface area contributed by atoms with Crippen molar-refractivity contribution in [3.8, 4) is 33.6 Å². The van der Waals surface area contributed by atoms with E-state index >= 15 is 0 Å². The van der Waals surface area contributed by atoms with Gasteiger partial charge in [0.05, 0.1) is 11.4 Å². The number of rotatable bonds is 7. The fourth-order valence-corrected chi connectivity index (χ4v) is 5.10. The van der Waals surface area contributed by atoms with Gasteiger partial charge in [0.25, 0.3) is 0 Å². The molecule has 0 spiro atoms. The van der Waals surface area contributed by atoms with Gasteiger partial charge in [-0.25, -0.2) is 4.98 Å². The van der Waals surface area contributed by atoms with Crippen molar-refractivity contribution >= 4 is 11.4 Å². The Morgan fingerprint density at radius 2 is 1.03 bits per heavy atom. The van der Waals surface area contributed by atoms with Crippen LogP contribution in [0.3, 0.4) is 0 Å². The maximum Gasteiger partial charge on any atom is 0.0718 e. The minimum atomic E-state index is 0.151. The molecule has 196 valence electrons. The molecule has 5 aromatic rings.